The fraction of sp³-hybridized carbons (Fsp3) is 0.600. The first-order valence-electron chi connectivity index (χ1n) is 10.1. The maximum Gasteiger partial charge on any atom is 0.409 e. The zero-order valence-electron chi connectivity index (χ0n) is 17.5. The molecule has 0 atom stereocenters. The van der Waals surface area contributed by atoms with Crippen molar-refractivity contribution >= 4 is 36.0 Å². The van der Waals surface area contributed by atoms with Gasteiger partial charge in [-0.15, -0.1) is 24.0 Å². The summed E-state index contributed by atoms with van der Waals surface area (Å²) in [5.41, 5.74) is 1.53. The summed E-state index contributed by atoms with van der Waals surface area (Å²) in [5.74, 6) is 1.21. The number of carbonyl (C=O) groups is 1. The summed E-state index contributed by atoms with van der Waals surface area (Å²) in [6.45, 7) is 8.53. The van der Waals surface area contributed by atoms with Gasteiger partial charge in [-0.25, -0.2) is 9.18 Å². The minimum atomic E-state index is -0.293. The standard InChI is InChI=1S/C20H29FN4O4.HI/c1-3-22-19(24-7-9-25(10-8-24)20(26)28-4-2)23-6-5-15-11-17(21)12-16-13-27-14-29-18(15)16;/h11-12H,3-10,13-14H2,1-2H3,(H,22,23);1H. The number of rotatable bonds is 5. The summed E-state index contributed by atoms with van der Waals surface area (Å²) < 4.78 is 29.8. The molecule has 0 saturated carbocycles. The number of fused-ring (bicyclic) bond motifs is 1. The second-order valence-electron chi connectivity index (χ2n) is 6.82. The van der Waals surface area contributed by atoms with Crippen LogP contribution < -0.4 is 10.1 Å². The Morgan fingerprint density at radius 2 is 1.97 bits per heavy atom. The van der Waals surface area contributed by atoms with Gasteiger partial charge in [-0.2, -0.15) is 0 Å². The van der Waals surface area contributed by atoms with E-state index in [1.807, 2.05) is 6.92 Å². The molecule has 1 aromatic carbocycles. The number of amides is 1. The van der Waals surface area contributed by atoms with Crippen molar-refractivity contribution in [3.63, 3.8) is 0 Å². The van der Waals surface area contributed by atoms with E-state index in [4.69, 9.17) is 19.2 Å². The van der Waals surface area contributed by atoms with Crippen molar-refractivity contribution in [2.24, 2.45) is 4.99 Å². The van der Waals surface area contributed by atoms with Crippen LogP contribution in [0, 0.1) is 5.82 Å². The average Bonchev–Trinajstić information content (AvgIpc) is 2.73. The van der Waals surface area contributed by atoms with Crippen molar-refractivity contribution in [3.05, 3.63) is 29.1 Å². The fourth-order valence-electron chi connectivity index (χ4n) is 3.47. The molecule has 1 saturated heterocycles. The van der Waals surface area contributed by atoms with Crippen LogP contribution in [0.1, 0.15) is 25.0 Å². The molecule has 1 fully saturated rings. The highest BCUT2D eigenvalue weighted by molar-refractivity contribution is 14.0. The zero-order valence-corrected chi connectivity index (χ0v) is 19.8. The van der Waals surface area contributed by atoms with E-state index in [2.05, 4.69) is 10.2 Å². The van der Waals surface area contributed by atoms with Crippen molar-refractivity contribution in [2.75, 3.05) is 52.7 Å². The van der Waals surface area contributed by atoms with Gasteiger partial charge in [-0.1, -0.05) is 0 Å². The number of aliphatic imine (C=N–C) groups is 1. The molecule has 30 heavy (non-hydrogen) atoms. The van der Waals surface area contributed by atoms with Gasteiger partial charge in [0, 0.05) is 44.8 Å². The number of nitrogens with zero attached hydrogens (tertiary/aromatic N) is 3. The topological polar surface area (TPSA) is 75.6 Å². The number of benzene rings is 1. The summed E-state index contributed by atoms with van der Waals surface area (Å²) in [6, 6.07) is 2.96. The predicted molar refractivity (Wildman–Crippen MR) is 122 cm³/mol. The predicted octanol–water partition coefficient (Wildman–Crippen LogP) is 2.59. The van der Waals surface area contributed by atoms with Gasteiger partial charge >= 0.3 is 6.09 Å². The first-order chi connectivity index (χ1) is 14.1. The number of halogens is 2. The number of hydrogen-bond donors (Lipinski definition) is 1. The minimum absolute atomic E-state index is 0. The lowest BCUT2D eigenvalue weighted by atomic mass is 10.1. The maximum atomic E-state index is 13.9. The van der Waals surface area contributed by atoms with Crippen LogP contribution in [0.5, 0.6) is 5.75 Å². The van der Waals surface area contributed by atoms with E-state index < -0.39 is 0 Å². The van der Waals surface area contributed by atoms with E-state index in [1.54, 1.807) is 11.8 Å². The van der Waals surface area contributed by atoms with Crippen molar-refractivity contribution in [1.29, 1.82) is 0 Å². The summed E-state index contributed by atoms with van der Waals surface area (Å²) in [7, 11) is 0. The first-order valence-corrected chi connectivity index (χ1v) is 10.1. The number of nitrogens with one attached hydrogen (secondary N) is 1. The molecular weight excluding hydrogens is 506 g/mol. The number of hydrogen-bond acceptors (Lipinski definition) is 5. The van der Waals surface area contributed by atoms with Crippen LogP contribution >= 0.6 is 24.0 Å². The van der Waals surface area contributed by atoms with Gasteiger partial charge in [-0.05, 0) is 38.0 Å². The van der Waals surface area contributed by atoms with Crippen molar-refractivity contribution in [1.82, 2.24) is 15.1 Å². The quantitative estimate of drug-likeness (QED) is 0.355. The lowest BCUT2D eigenvalue weighted by molar-refractivity contribution is -0.0172. The Morgan fingerprint density at radius 1 is 1.23 bits per heavy atom. The van der Waals surface area contributed by atoms with Gasteiger partial charge in [0.05, 0.1) is 13.2 Å². The van der Waals surface area contributed by atoms with Crippen molar-refractivity contribution in [2.45, 2.75) is 26.9 Å². The lowest BCUT2D eigenvalue weighted by Crippen LogP contribution is -2.54. The lowest BCUT2D eigenvalue weighted by Gasteiger charge is -2.35. The normalized spacial score (nSPS) is 16.3. The van der Waals surface area contributed by atoms with Crippen LogP contribution in [-0.4, -0.2) is 74.5 Å². The Balaban J connectivity index is 0.00000320. The number of guanidine groups is 1. The molecular formula is C20H30FIN4O4. The van der Waals surface area contributed by atoms with Crippen LogP contribution in [0.2, 0.25) is 0 Å². The highest BCUT2D eigenvalue weighted by Gasteiger charge is 2.24. The summed E-state index contributed by atoms with van der Waals surface area (Å²) >= 11 is 0. The molecule has 168 valence electrons. The Labute approximate surface area is 193 Å². The Bertz CT molecular complexity index is 742. The van der Waals surface area contributed by atoms with Gasteiger partial charge in [-0.3, -0.25) is 4.99 Å². The maximum absolute atomic E-state index is 13.9. The van der Waals surface area contributed by atoms with Crippen molar-refractivity contribution < 1.29 is 23.4 Å². The van der Waals surface area contributed by atoms with Crippen molar-refractivity contribution in [3.8, 4) is 5.75 Å². The van der Waals surface area contributed by atoms with Crippen LogP contribution in [-0.2, 0) is 22.5 Å². The monoisotopic (exact) mass is 536 g/mol. The second-order valence-corrected chi connectivity index (χ2v) is 6.82. The molecule has 0 radical (unpaired) electrons. The second kappa shape index (κ2) is 12.1. The summed E-state index contributed by atoms with van der Waals surface area (Å²) in [5, 5.41) is 3.30. The Kier molecular flexibility index (Phi) is 9.89. The number of ether oxygens (including phenoxy) is 3. The molecule has 1 aromatic rings. The van der Waals surface area contributed by atoms with Crippen LogP contribution in [0.25, 0.3) is 0 Å². The molecule has 0 unspecified atom stereocenters. The smallest absolute Gasteiger partial charge is 0.409 e. The van der Waals surface area contributed by atoms with E-state index in [-0.39, 0.29) is 42.7 Å². The zero-order chi connectivity index (χ0) is 20.6. The van der Waals surface area contributed by atoms with Crippen LogP contribution in [0.4, 0.5) is 9.18 Å². The summed E-state index contributed by atoms with van der Waals surface area (Å²) in [6.07, 6.45) is 0.298. The minimum Gasteiger partial charge on any atom is -0.467 e. The Morgan fingerprint density at radius 3 is 2.67 bits per heavy atom. The molecule has 0 aliphatic carbocycles. The van der Waals surface area contributed by atoms with E-state index >= 15 is 0 Å². The highest BCUT2D eigenvalue weighted by Crippen LogP contribution is 2.29. The molecule has 8 nitrogen and oxygen atoms in total. The molecule has 2 aliphatic heterocycles. The number of piperazine rings is 1. The molecule has 3 rings (SSSR count). The SMILES string of the molecule is CCNC(=NCCc1cc(F)cc2c1OCOC2)N1CCN(C(=O)OCC)CC1.I. The summed E-state index contributed by atoms with van der Waals surface area (Å²) in [4.78, 5) is 20.4. The van der Waals surface area contributed by atoms with E-state index in [1.165, 1.54) is 12.1 Å². The molecule has 1 N–H and O–H groups in total. The van der Waals surface area contributed by atoms with Crippen LogP contribution in [0.15, 0.2) is 17.1 Å². The van der Waals surface area contributed by atoms with E-state index in [0.29, 0.717) is 58.1 Å². The molecule has 2 heterocycles. The van der Waals surface area contributed by atoms with Gasteiger partial charge in [0.15, 0.2) is 12.8 Å². The third-order valence-electron chi connectivity index (χ3n) is 4.83. The van der Waals surface area contributed by atoms with Gasteiger partial charge in [0.2, 0.25) is 0 Å². The largest absolute Gasteiger partial charge is 0.467 e. The number of carbonyl (C=O) groups excluding carboxylic acids is 1. The third-order valence-corrected chi connectivity index (χ3v) is 4.83. The van der Waals surface area contributed by atoms with E-state index in [9.17, 15) is 9.18 Å². The molecule has 2 aliphatic rings. The molecule has 1 amide bonds. The molecule has 10 heteroatoms. The third kappa shape index (κ3) is 6.34. The molecule has 0 aromatic heterocycles. The van der Waals surface area contributed by atoms with Gasteiger partial charge in [0.25, 0.3) is 0 Å². The van der Waals surface area contributed by atoms with Gasteiger partial charge < -0.3 is 29.3 Å². The Hall–Kier alpha value is -1.82. The molecule has 0 bridgehead atoms. The molecule has 0 spiro atoms. The highest BCUT2D eigenvalue weighted by atomic mass is 127. The average molecular weight is 536 g/mol. The van der Waals surface area contributed by atoms with E-state index in [0.717, 1.165) is 23.6 Å². The van der Waals surface area contributed by atoms with Crippen LogP contribution in [0.3, 0.4) is 0 Å². The fourth-order valence-corrected chi connectivity index (χ4v) is 3.47. The van der Waals surface area contributed by atoms with Gasteiger partial charge in [0.1, 0.15) is 11.6 Å². The first kappa shape index (κ1) is 24.4.